The molecule has 0 bridgehead atoms. The van der Waals surface area contributed by atoms with Crippen LogP contribution in [-0.4, -0.2) is 18.7 Å². The predicted molar refractivity (Wildman–Crippen MR) is 69.6 cm³/mol. The van der Waals surface area contributed by atoms with Gasteiger partial charge in [-0.1, -0.05) is 18.6 Å². The maximum Gasteiger partial charge on any atom is 0.216 e. The summed E-state index contributed by atoms with van der Waals surface area (Å²) in [5.41, 5.74) is 3.75. The van der Waals surface area contributed by atoms with Gasteiger partial charge in [0.1, 0.15) is 0 Å². The van der Waals surface area contributed by atoms with Crippen molar-refractivity contribution in [2.45, 2.75) is 40.5 Å². The molecule has 16 heavy (non-hydrogen) atoms. The molecule has 3 nitrogen and oxygen atoms in total. The summed E-state index contributed by atoms with van der Waals surface area (Å²) in [6, 6.07) is 0. The number of hydrogen-bond donors (Lipinski definition) is 1. The minimum absolute atomic E-state index is 0.00463. The Kier molecular flexibility index (Phi) is 7.18. The molecule has 90 valence electrons. The van der Waals surface area contributed by atoms with Crippen LogP contribution in [0.25, 0.3) is 0 Å². The van der Waals surface area contributed by atoms with Gasteiger partial charge in [0.25, 0.3) is 0 Å². The molecule has 0 aromatic rings. The molecule has 0 fully saturated rings. The zero-order valence-corrected chi connectivity index (χ0v) is 10.9. The maximum absolute atomic E-state index is 9.70. The first-order valence-corrected chi connectivity index (χ1v) is 5.59. The van der Waals surface area contributed by atoms with Crippen LogP contribution >= 0.6 is 0 Å². The fourth-order valence-corrected chi connectivity index (χ4v) is 1.23. The average Bonchev–Trinajstić information content (AvgIpc) is 2.40. The molecule has 0 saturated carbocycles. The molecule has 0 unspecified atom stereocenters. The third kappa shape index (κ3) is 6.98. The number of nitrogens with one attached hydrogen (secondary N) is 1. The lowest BCUT2D eigenvalue weighted by atomic mass is 10.1. The molecule has 0 spiro atoms. The topological polar surface area (TPSA) is 41.5 Å². The Hall–Kier alpha value is -1.38. The summed E-state index contributed by atoms with van der Waals surface area (Å²) in [5, 5.41) is 2.39. The van der Waals surface area contributed by atoms with E-state index >= 15 is 0 Å². The first-order valence-electron chi connectivity index (χ1n) is 5.59. The Morgan fingerprint density at radius 3 is 2.50 bits per heavy atom. The van der Waals surface area contributed by atoms with Crippen LogP contribution in [0.4, 0.5) is 0 Å². The van der Waals surface area contributed by atoms with E-state index in [1.807, 2.05) is 0 Å². The minimum Gasteiger partial charge on any atom is -0.359 e. The molecule has 0 aromatic carbocycles. The molecule has 1 aliphatic heterocycles. The van der Waals surface area contributed by atoms with Crippen molar-refractivity contribution in [1.29, 1.82) is 0 Å². The summed E-state index contributed by atoms with van der Waals surface area (Å²) in [6.07, 6.45) is 6.54. The number of aliphatic imine (C=N–C) groups is 1. The number of amides is 1. The van der Waals surface area contributed by atoms with Crippen LogP contribution in [0.15, 0.2) is 28.4 Å². The molecule has 0 aromatic heterocycles. The van der Waals surface area contributed by atoms with Crippen LogP contribution < -0.4 is 5.32 Å². The number of nitrogens with zero attached hydrogens (tertiary/aromatic N) is 1. The van der Waals surface area contributed by atoms with Crippen LogP contribution in [0.2, 0.25) is 0 Å². The van der Waals surface area contributed by atoms with Gasteiger partial charge in [0.2, 0.25) is 5.91 Å². The van der Waals surface area contributed by atoms with Gasteiger partial charge in [-0.25, -0.2) is 0 Å². The quantitative estimate of drug-likeness (QED) is 0.728. The molecule has 0 saturated heterocycles. The van der Waals surface area contributed by atoms with Crippen molar-refractivity contribution in [3.63, 3.8) is 0 Å². The standard InChI is InChI=1S/C10H15N.C3H7NO/c1-4-10-6-5-8(2)11-9(3)7-10;1-3(5)4-2/h6-7H,4-5H2,1-3H3;1-2H3,(H,4,5). The van der Waals surface area contributed by atoms with Crippen LogP contribution in [0.1, 0.15) is 40.5 Å². The Morgan fingerprint density at radius 2 is 2.06 bits per heavy atom. The van der Waals surface area contributed by atoms with Gasteiger partial charge in [0.15, 0.2) is 0 Å². The van der Waals surface area contributed by atoms with E-state index < -0.39 is 0 Å². The van der Waals surface area contributed by atoms with E-state index in [2.05, 4.69) is 43.2 Å². The van der Waals surface area contributed by atoms with E-state index in [9.17, 15) is 4.79 Å². The smallest absolute Gasteiger partial charge is 0.216 e. The molecule has 0 aliphatic carbocycles. The SMILES string of the molecule is CCC1=CCC(C)=NC(C)=C1.CNC(C)=O. The molecule has 1 heterocycles. The number of hydrogen-bond acceptors (Lipinski definition) is 2. The first-order chi connectivity index (χ1) is 7.49. The zero-order valence-electron chi connectivity index (χ0n) is 10.9. The van der Waals surface area contributed by atoms with E-state index in [0.29, 0.717) is 0 Å². The van der Waals surface area contributed by atoms with Crippen molar-refractivity contribution in [1.82, 2.24) is 5.32 Å². The lowest BCUT2D eigenvalue weighted by molar-refractivity contribution is -0.118. The molecule has 1 amide bonds. The number of allylic oxidation sites excluding steroid dienone is 4. The highest BCUT2D eigenvalue weighted by atomic mass is 16.1. The monoisotopic (exact) mass is 222 g/mol. The number of carbonyl (C=O) groups is 1. The van der Waals surface area contributed by atoms with E-state index in [1.165, 1.54) is 18.2 Å². The van der Waals surface area contributed by atoms with Crippen molar-refractivity contribution in [3.8, 4) is 0 Å². The lowest BCUT2D eigenvalue weighted by Gasteiger charge is -1.93. The summed E-state index contributed by atoms with van der Waals surface area (Å²) in [6.45, 7) is 7.78. The van der Waals surface area contributed by atoms with Crippen molar-refractivity contribution in [3.05, 3.63) is 23.4 Å². The van der Waals surface area contributed by atoms with Gasteiger partial charge in [-0.05, 0) is 26.3 Å². The molecule has 1 aliphatic rings. The van der Waals surface area contributed by atoms with Crippen LogP contribution in [0.3, 0.4) is 0 Å². The van der Waals surface area contributed by atoms with Crippen molar-refractivity contribution in [2.24, 2.45) is 4.99 Å². The fraction of sp³-hybridized carbons (Fsp3) is 0.538. The van der Waals surface area contributed by atoms with Gasteiger partial charge < -0.3 is 5.32 Å². The van der Waals surface area contributed by atoms with E-state index in [4.69, 9.17) is 0 Å². The second kappa shape index (κ2) is 7.85. The largest absolute Gasteiger partial charge is 0.359 e. The summed E-state index contributed by atoms with van der Waals surface area (Å²) in [5.74, 6) is 0.00463. The molecular formula is C13H22N2O. The lowest BCUT2D eigenvalue weighted by Crippen LogP contribution is -2.11. The van der Waals surface area contributed by atoms with Gasteiger partial charge in [-0.3, -0.25) is 9.79 Å². The second-order valence-corrected chi connectivity index (χ2v) is 3.78. The van der Waals surface area contributed by atoms with E-state index in [0.717, 1.165) is 18.5 Å². The number of carbonyl (C=O) groups excluding carboxylic acids is 1. The molecular weight excluding hydrogens is 200 g/mol. The fourth-order valence-electron chi connectivity index (χ4n) is 1.23. The van der Waals surface area contributed by atoms with Crippen molar-refractivity contribution < 1.29 is 4.79 Å². The van der Waals surface area contributed by atoms with Crippen LogP contribution in [0.5, 0.6) is 0 Å². The third-order valence-corrected chi connectivity index (χ3v) is 2.18. The normalized spacial score (nSPS) is 14.7. The van der Waals surface area contributed by atoms with Crippen LogP contribution in [0, 0.1) is 0 Å². The zero-order chi connectivity index (χ0) is 12.6. The van der Waals surface area contributed by atoms with Crippen molar-refractivity contribution >= 4 is 11.6 Å². The highest BCUT2D eigenvalue weighted by Crippen LogP contribution is 2.13. The maximum atomic E-state index is 9.70. The van der Waals surface area contributed by atoms with Crippen LogP contribution in [-0.2, 0) is 4.79 Å². The van der Waals surface area contributed by atoms with Gasteiger partial charge in [0.05, 0.1) is 0 Å². The van der Waals surface area contributed by atoms with E-state index in [-0.39, 0.29) is 5.91 Å². The molecule has 3 heteroatoms. The molecule has 1 N–H and O–H groups in total. The molecule has 1 rings (SSSR count). The Balaban J connectivity index is 0.000000385. The minimum atomic E-state index is 0.00463. The average molecular weight is 222 g/mol. The van der Waals surface area contributed by atoms with Gasteiger partial charge in [-0.2, -0.15) is 0 Å². The highest BCUT2D eigenvalue weighted by molar-refractivity contribution is 5.84. The Morgan fingerprint density at radius 1 is 1.50 bits per heavy atom. The first kappa shape index (κ1) is 14.6. The predicted octanol–water partition coefficient (Wildman–Crippen LogP) is 2.84. The third-order valence-electron chi connectivity index (χ3n) is 2.18. The van der Waals surface area contributed by atoms with Crippen molar-refractivity contribution in [2.75, 3.05) is 7.05 Å². The van der Waals surface area contributed by atoms with Gasteiger partial charge in [0, 0.05) is 31.8 Å². The Bertz CT molecular complexity index is 325. The van der Waals surface area contributed by atoms with Gasteiger partial charge in [-0.15, -0.1) is 0 Å². The van der Waals surface area contributed by atoms with E-state index in [1.54, 1.807) is 7.05 Å². The second-order valence-electron chi connectivity index (χ2n) is 3.78. The highest BCUT2D eigenvalue weighted by Gasteiger charge is 1.98. The van der Waals surface area contributed by atoms with Gasteiger partial charge >= 0.3 is 0 Å². The molecule has 0 atom stereocenters. The summed E-state index contributed by atoms with van der Waals surface area (Å²) >= 11 is 0. The number of rotatable bonds is 1. The summed E-state index contributed by atoms with van der Waals surface area (Å²) in [4.78, 5) is 14.1. The summed E-state index contributed by atoms with van der Waals surface area (Å²) in [7, 11) is 1.60. The Labute approximate surface area is 98.3 Å². The summed E-state index contributed by atoms with van der Waals surface area (Å²) < 4.78 is 0. The molecule has 0 radical (unpaired) electrons.